The summed E-state index contributed by atoms with van der Waals surface area (Å²) < 4.78 is 44.6. The molecule has 33 heavy (non-hydrogen) atoms. The Morgan fingerprint density at radius 2 is 1.82 bits per heavy atom. The highest BCUT2D eigenvalue weighted by molar-refractivity contribution is 5.65. The Labute approximate surface area is 188 Å². The van der Waals surface area contributed by atoms with E-state index < -0.39 is 17.5 Å². The largest absolute Gasteiger partial charge is 0.304 e. The minimum Gasteiger partial charge on any atom is -0.304 e. The Kier molecular flexibility index (Phi) is 5.32. The lowest BCUT2D eigenvalue weighted by Gasteiger charge is -2.22. The van der Waals surface area contributed by atoms with Gasteiger partial charge in [0, 0.05) is 18.7 Å². The molecule has 0 aliphatic carbocycles. The summed E-state index contributed by atoms with van der Waals surface area (Å²) in [7, 11) is 0. The van der Waals surface area contributed by atoms with Gasteiger partial charge >= 0.3 is 0 Å². The summed E-state index contributed by atoms with van der Waals surface area (Å²) in [5.41, 5.74) is 3.84. The number of hydrogen-bond donors (Lipinski definition) is 0. The van der Waals surface area contributed by atoms with Crippen molar-refractivity contribution in [2.45, 2.75) is 39.2 Å². The van der Waals surface area contributed by atoms with Crippen LogP contribution in [0.15, 0.2) is 36.8 Å². The lowest BCUT2D eigenvalue weighted by atomic mass is 9.91. The van der Waals surface area contributed by atoms with Gasteiger partial charge in [0.25, 0.3) is 0 Å². The molecule has 168 valence electrons. The summed E-state index contributed by atoms with van der Waals surface area (Å²) in [5, 5.41) is 4.51. The molecule has 0 amide bonds. The zero-order chi connectivity index (χ0) is 23.1. The van der Waals surface area contributed by atoms with Crippen LogP contribution in [0.4, 0.5) is 13.2 Å². The van der Waals surface area contributed by atoms with Gasteiger partial charge in [0.1, 0.15) is 5.82 Å². The van der Waals surface area contributed by atoms with Gasteiger partial charge in [-0.2, -0.15) is 5.10 Å². The summed E-state index contributed by atoms with van der Waals surface area (Å²) in [5.74, 6) is -3.11. The Hall–Kier alpha value is -3.75. The van der Waals surface area contributed by atoms with Crippen molar-refractivity contribution in [3.05, 3.63) is 88.5 Å². The summed E-state index contributed by atoms with van der Waals surface area (Å²) in [6.45, 7) is 4.53. The van der Waals surface area contributed by atoms with E-state index in [4.69, 9.17) is 0 Å². The minimum atomic E-state index is -1.46. The summed E-state index contributed by atoms with van der Waals surface area (Å²) in [4.78, 5) is 13.5. The predicted molar refractivity (Wildman–Crippen MR) is 117 cm³/mol. The Bertz CT molecular complexity index is 1350. The van der Waals surface area contributed by atoms with Crippen LogP contribution in [0, 0.1) is 31.3 Å². The third-order valence-electron chi connectivity index (χ3n) is 5.77. The molecule has 9 heteroatoms. The molecule has 0 saturated carbocycles. The highest BCUT2D eigenvalue weighted by Crippen LogP contribution is 2.33. The monoisotopic (exact) mass is 450 g/mol. The fourth-order valence-electron chi connectivity index (χ4n) is 4.18. The van der Waals surface area contributed by atoms with E-state index in [1.807, 2.05) is 42.8 Å². The van der Waals surface area contributed by atoms with Crippen LogP contribution in [0.5, 0.6) is 0 Å². The summed E-state index contributed by atoms with van der Waals surface area (Å²) in [6.07, 6.45) is 8.71. The number of fused-ring (bicyclic) bond motifs is 1. The average Bonchev–Trinajstić information content (AvgIpc) is 3.41. The van der Waals surface area contributed by atoms with Crippen molar-refractivity contribution >= 4 is 12.2 Å². The van der Waals surface area contributed by atoms with Crippen molar-refractivity contribution in [3.8, 4) is 5.69 Å². The molecule has 0 radical (unpaired) electrons. The molecule has 1 aliphatic heterocycles. The molecule has 6 nitrogen and oxygen atoms in total. The van der Waals surface area contributed by atoms with E-state index in [0.717, 1.165) is 41.3 Å². The first-order valence-corrected chi connectivity index (χ1v) is 10.6. The molecular weight excluding hydrogens is 429 g/mol. The van der Waals surface area contributed by atoms with E-state index in [2.05, 4.69) is 20.1 Å². The van der Waals surface area contributed by atoms with Crippen molar-refractivity contribution < 1.29 is 13.2 Å². The van der Waals surface area contributed by atoms with Gasteiger partial charge in [0.15, 0.2) is 23.3 Å². The maximum atomic E-state index is 13.8. The average molecular weight is 450 g/mol. The van der Waals surface area contributed by atoms with E-state index in [1.54, 1.807) is 17.1 Å². The number of hydrogen-bond acceptors (Lipinski definition) is 4. The minimum absolute atomic E-state index is 0.351. The number of rotatable bonds is 4. The molecule has 1 aliphatic rings. The van der Waals surface area contributed by atoms with Crippen LogP contribution in [0.25, 0.3) is 17.8 Å². The lowest BCUT2D eigenvalue weighted by molar-refractivity contribution is 0.427. The van der Waals surface area contributed by atoms with Crippen LogP contribution in [0.3, 0.4) is 0 Å². The SMILES string of the molecule is Cc1cn(-c2ccc(/C=C/c3nc4n(n3)CCC[C@H]4c3cc(F)c(F)c(F)c3)nc2C)cn1. The molecule has 1 atom stereocenters. The van der Waals surface area contributed by atoms with Crippen LogP contribution in [-0.2, 0) is 6.54 Å². The van der Waals surface area contributed by atoms with Gasteiger partial charge in [-0.05, 0) is 68.7 Å². The first kappa shape index (κ1) is 21.1. The second kappa shape index (κ2) is 8.31. The maximum Gasteiger partial charge on any atom is 0.194 e. The van der Waals surface area contributed by atoms with Gasteiger partial charge < -0.3 is 4.57 Å². The highest BCUT2D eigenvalue weighted by atomic mass is 19.2. The standard InChI is InChI=1S/C24H21F3N6/c1-14-12-32(13-28-14)21-7-5-17(29-15(21)2)6-8-22-30-24-18(4-3-9-33(24)31-22)16-10-19(25)23(27)20(26)11-16/h5-8,10-13,18H,3-4,9H2,1-2H3/b8-6+/t18-/m0/s1. The fraction of sp³-hybridized carbons (Fsp3) is 0.250. The quantitative estimate of drug-likeness (QED) is 0.411. The Balaban J connectivity index is 1.40. The van der Waals surface area contributed by atoms with Crippen LogP contribution >= 0.6 is 0 Å². The molecule has 4 aromatic rings. The first-order valence-electron chi connectivity index (χ1n) is 10.6. The molecule has 1 aromatic carbocycles. The van der Waals surface area contributed by atoms with Crippen molar-refractivity contribution in [2.75, 3.05) is 0 Å². The number of nitrogens with zero attached hydrogens (tertiary/aromatic N) is 6. The van der Waals surface area contributed by atoms with Gasteiger partial charge in [-0.3, -0.25) is 4.98 Å². The number of benzene rings is 1. The van der Waals surface area contributed by atoms with E-state index >= 15 is 0 Å². The van der Waals surface area contributed by atoms with E-state index in [-0.39, 0.29) is 5.92 Å². The summed E-state index contributed by atoms with van der Waals surface area (Å²) in [6, 6.07) is 5.96. The number of pyridine rings is 1. The molecule has 4 heterocycles. The lowest BCUT2D eigenvalue weighted by Crippen LogP contribution is -2.18. The van der Waals surface area contributed by atoms with Gasteiger partial charge in [0.05, 0.1) is 29.1 Å². The van der Waals surface area contributed by atoms with Crippen molar-refractivity contribution in [2.24, 2.45) is 0 Å². The number of aromatic nitrogens is 6. The predicted octanol–water partition coefficient (Wildman–Crippen LogP) is 4.99. The molecule has 0 spiro atoms. The van der Waals surface area contributed by atoms with Gasteiger partial charge in [0.2, 0.25) is 0 Å². The molecule has 0 N–H and O–H groups in total. The molecule has 0 saturated heterocycles. The third-order valence-corrected chi connectivity index (χ3v) is 5.77. The van der Waals surface area contributed by atoms with E-state index in [9.17, 15) is 13.2 Å². The number of aryl methyl sites for hydroxylation is 3. The molecule has 3 aromatic heterocycles. The zero-order valence-electron chi connectivity index (χ0n) is 18.1. The Morgan fingerprint density at radius 1 is 1.03 bits per heavy atom. The second-order valence-electron chi connectivity index (χ2n) is 8.14. The van der Waals surface area contributed by atoms with E-state index in [0.29, 0.717) is 30.2 Å². The van der Waals surface area contributed by atoms with Gasteiger partial charge in [-0.25, -0.2) is 27.8 Å². The second-order valence-corrected chi connectivity index (χ2v) is 8.14. The third kappa shape index (κ3) is 4.06. The highest BCUT2D eigenvalue weighted by Gasteiger charge is 2.27. The van der Waals surface area contributed by atoms with Crippen molar-refractivity contribution in [3.63, 3.8) is 0 Å². The summed E-state index contributed by atoms with van der Waals surface area (Å²) >= 11 is 0. The molecule has 0 bridgehead atoms. The number of halogens is 3. The zero-order valence-corrected chi connectivity index (χ0v) is 18.1. The topological polar surface area (TPSA) is 61.4 Å². The molecule has 0 unspecified atom stereocenters. The maximum absolute atomic E-state index is 13.8. The van der Waals surface area contributed by atoms with Crippen molar-refractivity contribution in [1.82, 2.24) is 29.3 Å². The first-order chi connectivity index (χ1) is 15.9. The van der Waals surface area contributed by atoms with Crippen LogP contribution in [-0.4, -0.2) is 29.3 Å². The Morgan fingerprint density at radius 3 is 2.52 bits per heavy atom. The van der Waals surface area contributed by atoms with Crippen molar-refractivity contribution in [1.29, 1.82) is 0 Å². The van der Waals surface area contributed by atoms with Crippen LogP contribution in [0.1, 0.15) is 53.1 Å². The molecule has 0 fully saturated rings. The fourth-order valence-corrected chi connectivity index (χ4v) is 4.18. The smallest absolute Gasteiger partial charge is 0.194 e. The molecule has 5 rings (SSSR count). The van der Waals surface area contributed by atoms with Gasteiger partial charge in [-0.1, -0.05) is 0 Å². The molecular formula is C24H21F3N6. The van der Waals surface area contributed by atoms with Gasteiger partial charge in [-0.15, -0.1) is 0 Å². The van der Waals surface area contributed by atoms with Crippen LogP contribution in [0.2, 0.25) is 0 Å². The normalized spacial score (nSPS) is 15.8. The van der Waals surface area contributed by atoms with Crippen LogP contribution < -0.4 is 0 Å². The van der Waals surface area contributed by atoms with E-state index in [1.165, 1.54) is 0 Å². The number of imidazole rings is 1.